The zero-order chi connectivity index (χ0) is 9.97. The Hall–Kier alpha value is -2.10. The molecule has 0 amide bonds. The Balaban J connectivity index is 2.52. The van der Waals surface area contributed by atoms with Crippen LogP contribution in [0.3, 0.4) is 0 Å². The molecule has 0 unspecified atom stereocenters. The van der Waals surface area contributed by atoms with Crippen molar-refractivity contribution in [3.05, 3.63) is 42.6 Å². The lowest BCUT2D eigenvalue weighted by Gasteiger charge is -1.98. The molecule has 0 aliphatic heterocycles. The quantitative estimate of drug-likeness (QED) is 0.465. The van der Waals surface area contributed by atoms with Crippen LogP contribution in [0.4, 0.5) is 0 Å². The fraction of sp³-hybridized carbons (Fsp3) is 0. The SMILES string of the molecule is NC(=[NH2+])n1nccc1-c1ccccc1. The minimum Gasteiger partial charge on any atom is -0.289 e. The Labute approximate surface area is 81.5 Å². The van der Waals surface area contributed by atoms with E-state index in [1.54, 1.807) is 6.20 Å². The van der Waals surface area contributed by atoms with Crippen LogP contribution in [0.15, 0.2) is 42.6 Å². The van der Waals surface area contributed by atoms with Gasteiger partial charge in [-0.1, -0.05) is 30.3 Å². The average Bonchev–Trinajstić information content (AvgIpc) is 2.67. The summed E-state index contributed by atoms with van der Waals surface area (Å²) in [5.41, 5.74) is 7.43. The van der Waals surface area contributed by atoms with E-state index in [2.05, 4.69) is 5.10 Å². The van der Waals surface area contributed by atoms with Gasteiger partial charge in [-0.05, 0) is 0 Å². The Kier molecular flexibility index (Phi) is 2.02. The van der Waals surface area contributed by atoms with Crippen LogP contribution in [0.5, 0.6) is 0 Å². The summed E-state index contributed by atoms with van der Waals surface area (Å²) in [6, 6.07) is 11.7. The lowest BCUT2D eigenvalue weighted by molar-refractivity contribution is -0.120. The first-order valence-corrected chi connectivity index (χ1v) is 4.27. The number of benzene rings is 1. The molecule has 1 aromatic carbocycles. The number of aromatic nitrogens is 2. The Morgan fingerprint density at radius 3 is 2.57 bits per heavy atom. The highest BCUT2D eigenvalue weighted by molar-refractivity contribution is 5.79. The second kappa shape index (κ2) is 3.33. The average molecular weight is 187 g/mol. The van der Waals surface area contributed by atoms with E-state index in [0.717, 1.165) is 11.3 Å². The van der Waals surface area contributed by atoms with Gasteiger partial charge in [-0.25, -0.2) is 0 Å². The van der Waals surface area contributed by atoms with E-state index in [1.165, 1.54) is 4.68 Å². The van der Waals surface area contributed by atoms with Crippen molar-refractivity contribution in [2.45, 2.75) is 0 Å². The molecule has 0 spiro atoms. The van der Waals surface area contributed by atoms with E-state index >= 15 is 0 Å². The minimum atomic E-state index is 0.175. The topological polar surface area (TPSA) is 69.4 Å². The van der Waals surface area contributed by atoms with Crippen molar-refractivity contribution in [2.75, 3.05) is 0 Å². The maximum Gasteiger partial charge on any atom is 0.370 e. The van der Waals surface area contributed by atoms with Crippen LogP contribution < -0.4 is 11.1 Å². The highest BCUT2D eigenvalue weighted by atomic mass is 15.3. The normalized spacial score (nSPS) is 10.0. The van der Waals surface area contributed by atoms with Gasteiger partial charge >= 0.3 is 5.96 Å². The largest absolute Gasteiger partial charge is 0.370 e. The summed E-state index contributed by atoms with van der Waals surface area (Å²) in [5.74, 6) is 0.175. The minimum absolute atomic E-state index is 0.175. The van der Waals surface area contributed by atoms with Gasteiger partial charge in [0, 0.05) is 11.6 Å². The van der Waals surface area contributed by atoms with Crippen LogP contribution in [-0.2, 0) is 0 Å². The molecule has 4 N–H and O–H groups in total. The number of rotatable bonds is 1. The summed E-state index contributed by atoms with van der Waals surface area (Å²) in [7, 11) is 0. The number of nitrogens with zero attached hydrogens (tertiary/aromatic N) is 2. The van der Waals surface area contributed by atoms with Crippen LogP contribution in [0.2, 0.25) is 0 Å². The van der Waals surface area contributed by atoms with E-state index in [9.17, 15) is 0 Å². The van der Waals surface area contributed by atoms with Gasteiger partial charge < -0.3 is 0 Å². The molecule has 0 saturated heterocycles. The first-order valence-electron chi connectivity index (χ1n) is 4.27. The molecule has 14 heavy (non-hydrogen) atoms. The molecule has 2 aromatic rings. The number of hydrogen-bond donors (Lipinski definition) is 2. The number of nitrogens with two attached hydrogens (primary N) is 2. The monoisotopic (exact) mass is 187 g/mol. The summed E-state index contributed by atoms with van der Waals surface area (Å²) in [6.45, 7) is 0. The highest BCUT2D eigenvalue weighted by Gasteiger charge is 2.11. The lowest BCUT2D eigenvalue weighted by Crippen LogP contribution is -2.50. The van der Waals surface area contributed by atoms with Gasteiger partial charge in [0.1, 0.15) is 5.69 Å². The molecule has 0 aliphatic carbocycles. The molecule has 1 heterocycles. The molecule has 0 radical (unpaired) electrons. The van der Waals surface area contributed by atoms with E-state index in [0.29, 0.717) is 0 Å². The molecule has 4 nitrogen and oxygen atoms in total. The maximum atomic E-state index is 5.49. The summed E-state index contributed by atoms with van der Waals surface area (Å²) in [5, 5.41) is 9.51. The highest BCUT2D eigenvalue weighted by Crippen LogP contribution is 2.16. The molecule has 0 atom stereocenters. The van der Waals surface area contributed by atoms with Gasteiger partial charge in [0.15, 0.2) is 0 Å². The summed E-state index contributed by atoms with van der Waals surface area (Å²) < 4.78 is 1.51. The molecule has 0 saturated carbocycles. The van der Waals surface area contributed by atoms with Crippen molar-refractivity contribution >= 4 is 5.96 Å². The number of hydrogen-bond acceptors (Lipinski definition) is 1. The fourth-order valence-electron chi connectivity index (χ4n) is 1.34. The van der Waals surface area contributed by atoms with Crippen molar-refractivity contribution in [1.82, 2.24) is 9.78 Å². The molecule has 0 fully saturated rings. The van der Waals surface area contributed by atoms with Crippen molar-refractivity contribution < 1.29 is 5.41 Å². The summed E-state index contributed by atoms with van der Waals surface area (Å²) in [4.78, 5) is 0. The van der Waals surface area contributed by atoms with Crippen molar-refractivity contribution in [3.63, 3.8) is 0 Å². The van der Waals surface area contributed by atoms with Gasteiger partial charge in [-0.3, -0.25) is 11.1 Å². The van der Waals surface area contributed by atoms with Crippen LogP contribution in [0.25, 0.3) is 11.3 Å². The zero-order valence-electron chi connectivity index (χ0n) is 7.59. The zero-order valence-corrected chi connectivity index (χ0v) is 7.59. The van der Waals surface area contributed by atoms with E-state index in [-0.39, 0.29) is 5.96 Å². The fourth-order valence-corrected chi connectivity index (χ4v) is 1.34. The Morgan fingerprint density at radius 2 is 1.93 bits per heavy atom. The molecule has 1 aromatic heterocycles. The molecular weight excluding hydrogens is 176 g/mol. The molecule has 0 aliphatic rings. The van der Waals surface area contributed by atoms with Gasteiger partial charge in [0.25, 0.3) is 0 Å². The molecule has 0 bridgehead atoms. The predicted molar refractivity (Wildman–Crippen MR) is 54.2 cm³/mol. The first kappa shape index (κ1) is 8.50. The van der Waals surface area contributed by atoms with E-state index < -0.39 is 0 Å². The van der Waals surface area contributed by atoms with Gasteiger partial charge in [0.2, 0.25) is 0 Å². The molecule has 2 rings (SSSR count). The third-order valence-corrected chi connectivity index (χ3v) is 1.96. The molecular formula is C10H11N4+. The third kappa shape index (κ3) is 1.37. The van der Waals surface area contributed by atoms with Crippen LogP contribution in [0.1, 0.15) is 0 Å². The second-order valence-electron chi connectivity index (χ2n) is 2.92. The van der Waals surface area contributed by atoms with Crippen molar-refractivity contribution in [1.29, 1.82) is 0 Å². The Bertz CT molecular complexity index is 444. The maximum absolute atomic E-state index is 5.49. The standard InChI is InChI=1S/C10H10N4/c11-10(12)14-9(6-7-13-14)8-4-2-1-3-5-8/h1-7H,(H3,11,12)/p+1. The van der Waals surface area contributed by atoms with Crippen LogP contribution >= 0.6 is 0 Å². The van der Waals surface area contributed by atoms with Gasteiger partial charge in [-0.2, -0.15) is 0 Å². The predicted octanol–water partition coefficient (Wildman–Crippen LogP) is -0.528. The van der Waals surface area contributed by atoms with Crippen LogP contribution in [-0.4, -0.2) is 15.7 Å². The first-order chi connectivity index (χ1) is 6.79. The Morgan fingerprint density at radius 1 is 1.21 bits per heavy atom. The van der Waals surface area contributed by atoms with E-state index in [1.807, 2.05) is 36.4 Å². The smallest absolute Gasteiger partial charge is 0.289 e. The van der Waals surface area contributed by atoms with E-state index in [4.69, 9.17) is 11.1 Å². The van der Waals surface area contributed by atoms with Crippen molar-refractivity contribution in [2.24, 2.45) is 5.73 Å². The van der Waals surface area contributed by atoms with Gasteiger partial charge in [-0.15, -0.1) is 9.78 Å². The molecule has 4 heteroatoms. The lowest BCUT2D eigenvalue weighted by atomic mass is 10.1. The summed E-state index contributed by atoms with van der Waals surface area (Å²) >= 11 is 0. The molecule has 70 valence electrons. The van der Waals surface area contributed by atoms with Crippen molar-refractivity contribution in [3.8, 4) is 11.3 Å². The van der Waals surface area contributed by atoms with Gasteiger partial charge in [0.05, 0.1) is 6.20 Å². The summed E-state index contributed by atoms with van der Waals surface area (Å²) in [6.07, 6.45) is 1.67. The van der Waals surface area contributed by atoms with Crippen LogP contribution in [0, 0.1) is 0 Å². The third-order valence-electron chi connectivity index (χ3n) is 1.96. The second-order valence-corrected chi connectivity index (χ2v) is 2.92.